The van der Waals surface area contributed by atoms with Crippen LogP contribution in [0.3, 0.4) is 0 Å². The van der Waals surface area contributed by atoms with E-state index in [1.54, 1.807) is 0 Å². The minimum atomic E-state index is -0.878. The van der Waals surface area contributed by atoms with Crippen molar-refractivity contribution in [3.05, 3.63) is 0 Å². The Hall–Kier alpha value is 0.0400. The predicted molar refractivity (Wildman–Crippen MR) is 76.3 cm³/mol. The van der Waals surface area contributed by atoms with E-state index in [4.69, 9.17) is 19.3 Å². The Balaban J connectivity index is 1.96. The van der Waals surface area contributed by atoms with E-state index in [2.05, 4.69) is 22.6 Å². The fourth-order valence-electron chi connectivity index (χ4n) is 3.79. The molecule has 20 heavy (non-hydrogen) atoms. The second-order valence-electron chi connectivity index (χ2n) is 5.90. The number of hydrogen-bond acceptors (Lipinski definition) is 6. The number of esters is 1. The van der Waals surface area contributed by atoms with E-state index >= 15 is 0 Å². The Morgan fingerprint density at radius 1 is 1.35 bits per heavy atom. The second kappa shape index (κ2) is 5.35. The monoisotopic (exact) mass is 398 g/mol. The number of halogens is 1. The topological polar surface area (TPSA) is 85.2 Å². The lowest BCUT2D eigenvalue weighted by molar-refractivity contribution is -0.288. The van der Waals surface area contributed by atoms with Crippen LogP contribution in [0.1, 0.15) is 25.7 Å². The van der Waals surface area contributed by atoms with E-state index in [0.29, 0.717) is 32.5 Å². The quantitative estimate of drug-likeness (QED) is 0.406. The number of hydrogen-bond donors (Lipinski definition) is 2. The van der Waals surface area contributed by atoms with Crippen LogP contribution in [-0.2, 0) is 19.0 Å². The molecule has 1 aliphatic carbocycles. The van der Waals surface area contributed by atoms with Crippen molar-refractivity contribution in [2.24, 2.45) is 5.41 Å². The molecule has 0 radical (unpaired) electrons. The van der Waals surface area contributed by atoms with Gasteiger partial charge in [0, 0.05) is 11.8 Å². The van der Waals surface area contributed by atoms with E-state index in [9.17, 15) is 9.90 Å². The Bertz CT molecular complexity index is 392. The lowest BCUT2D eigenvalue weighted by Gasteiger charge is -2.55. The number of carbonyl (C=O) groups excluding carboxylic acids is 1. The van der Waals surface area contributed by atoms with Gasteiger partial charge in [-0.2, -0.15) is 0 Å². The molecule has 7 heteroatoms. The third kappa shape index (κ3) is 2.27. The first-order chi connectivity index (χ1) is 9.50. The van der Waals surface area contributed by atoms with Crippen LogP contribution in [0.4, 0.5) is 0 Å². The van der Waals surface area contributed by atoms with Gasteiger partial charge in [0.1, 0.15) is 6.10 Å². The first-order valence-electron chi connectivity index (χ1n) is 6.91. The van der Waals surface area contributed by atoms with Crippen molar-refractivity contribution in [2.45, 2.75) is 47.6 Å². The van der Waals surface area contributed by atoms with Crippen molar-refractivity contribution in [3.63, 3.8) is 0 Å². The standard InChI is InChI=1S/C13H19IO6/c14-9-4-13(18-1-2-19-13)12(3-8(16)7-15)5-10(9)20-11(17)6-12/h8-10,15-16H,1-7H2/t8-,9+,10+,12+/m0/s1. The summed E-state index contributed by atoms with van der Waals surface area (Å²) in [5.41, 5.74) is -0.604. The Morgan fingerprint density at radius 3 is 2.70 bits per heavy atom. The van der Waals surface area contributed by atoms with Crippen molar-refractivity contribution < 1.29 is 29.2 Å². The average molecular weight is 398 g/mol. The molecular weight excluding hydrogens is 379 g/mol. The summed E-state index contributed by atoms with van der Waals surface area (Å²) in [7, 11) is 0. The van der Waals surface area contributed by atoms with Gasteiger partial charge in [-0.05, 0) is 12.8 Å². The predicted octanol–water partition coefficient (Wildman–Crippen LogP) is 0.372. The minimum absolute atomic E-state index is 0.134. The summed E-state index contributed by atoms with van der Waals surface area (Å²) >= 11 is 2.27. The van der Waals surface area contributed by atoms with Gasteiger partial charge in [0.15, 0.2) is 5.79 Å². The van der Waals surface area contributed by atoms with Crippen molar-refractivity contribution in [3.8, 4) is 0 Å². The van der Waals surface area contributed by atoms with Crippen molar-refractivity contribution >= 4 is 28.6 Å². The summed E-state index contributed by atoms with van der Waals surface area (Å²) < 4.78 is 17.4. The highest BCUT2D eigenvalue weighted by atomic mass is 127. The molecule has 0 aromatic carbocycles. The molecule has 1 saturated carbocycles. The highest BCUT2D eigenvalue weighted by Crippen LogP contribution is 2.58. The van der Waals surface area contributed by atoms with Crippen LogP contribution in [0.2, 0.25) is 0 Å². The van der Waals surface area contributed by atoms with Gasteiger partial charge in [-0.25, -0.2) is 0 Å². The Morgan fingerprint density at radius 2 is 2.05 bits per heavy atom. The first-order valence-corrected chi connectivity index (χ1v) is 8.15. The number of ether oxygens (including phenoxy) is 3. The van der Waals surface area contributed by atoms with E-state index < -0.39 is 17.3 Å². The first kappa shape index (κ1) is 15.0. The Labute approximate surface area is 130 Å². The van der Waals surface area contributed by atoms with E-state index in [0.717, 1.165) is 0 Å². The summed E-state index contributed by atoms with van der Waals surface area (Å²) in [5, 5.41) is 19.1. The lowest BCUT2D eigenvalue weighted by atomic mass is 9.62. The highest BCUT2D eigenvalue weighted by Gasteiger charge is 2.64. The van der Waals surface area contributed by atoms with Gasteiger partial charge in [-0.3, -0.25) is 4.79 Å². The number of alkyl halides is 1. The number of aliphatic hydroxyl groups excluding tert-OH is 2. The summed E-state index contributed by atoms with van der Waals surface area (Å²) in [4.78, 5) is 12.0. The molecule has 2 heterocycles. The highest BCUT2D eigenvalue weighted by molar-refractivity contribution is 14.1. The van der Waals surface area contributed by atoms with E-state index in [-0.39, 0.29) is 29.0 Å². The number of rotatable bonds is 3. The number of aliphatic hydroxyl groups is 2. The van der Waals surface area contributed by atoms with Gasteiger partial charge in [0.2, 0.25) is 0 Å². The third-order valence-electron chi connectivity index (χ3n) is 4.62. The Kier molecular flexibility index (Phi) is 4.00. The van der Waals surface area contributed by atoms with Crippen LogP contribution < -0.4 is 0 Å². The molecule has 1 spiro atoms. The molecule has 2 saturated heterocycles. The molecule has 2 aliphatic heterocycles. The normalized spacial score (nSPS) is 40.6. The van der Waals surface area contributed by atoms with Crippen LogP contribution in [0.25, 0.3) is 0 Å². The van der Waals surface area contributed by atoms with Crippen LogP contribution in [0, 0.1) is 5.41 Å². The van der Waals surface area contributed by atoms with Crippen molar-refractivity contribution in [1.29, 1.82) is 0 Å². The largest absolute Gasteiger partial charge is 0.461 e. The zero-order chi connectivity index (χ0) is 14.4. The van der Waals surface area contributed by atoms with Gasteiger partial charge in [0.25, 0.3) is 0 Å². The maximum Gasteiger partial charge on any atom is 0.306 e. The molecule has 3 aliphatic rings. The van der Waals surface area contributed by atoms with Gasteiger partial charge < -0.3 is 24.4 Å². The molecule has 114 valence electrons. The number of carbonyl (C=O) groups is 1. The molecule has 0 unspecified atom stereocenters. The van der Waals surface area contributed by atoms with Crippen LogP contribution in [0.15, 0.2) is 0 Å². The van der Waals surface area contributed by atoms with Gasteiger partial charge in [-0.15, -0.1) is 0 Å². The van der Waals surface area contributed by atoms with Crippen LogP contribution in [0.5, 0.6) is 0 Å². The van der Waals surface area contributed by atoms with Crippen LogP contribution in [-0.4, -0.2) is 57.9 Å². The lowest BCUT2D eigenvalue weighted by Crippen LogP contribution is -2.63. The van der Waals surface area contributed by atoms with Gasteiger partial charge >= 0.3 is 5.97 Å². The van der Waals surface area contributed by atoms with E-state index in [1.807, 2.05) is 0 Å². The maximum absolute atomic E-state index is 12.0. The maximum atomic E-state index is 12.0. The molecule has 0 amide bonds. The fraction of sp³-hybridized carbons (Fsp3) is 0.923. The van der Waals surface area contributed by atoms with Crippen molar-refractivity contribution in [2.75, 3.05) is 19.8 Å². The second-order valence-corrected chi connectivity index (χ2v) is 7.50. The van der Waals surface area contributed by atoms with Crippen LogP contribution >= 0.6 is 22.6 Å². The zero-order valence-electron chi connectivity index (χ0n) is 11.1. The summed E-state index contributed by atoms with van der Waals surface area (Å²) in [6.45, 7) is 0.672. The zero-order valence-corrected chi connectivity index (χ0v) is 13.2. The van der Waals surface area contributed by atoms with E-state index in [1.165, 1.54) is 0 Å². The molecule has 3 fully saturated rings. The summed E-state index contributed by atoms with van der Waals surface area (Å²) in [6, 6.07) is 0. The smallest absolute Gasteiger partial charge is 0.306 e. The third-order valence-corrected chi connectivity index (χ3v) is 5.87. The number of fused-ring (bicyclic) bond motifs is 3. The van der Waals surface area contributed by atoms with Gasteiger partial charge in [0.05, 0.1) is 36.3 Å². The molecule has 4 atom stereocenters. The van der Waals surface area contributed by atoms with Crippen molar-refractivity contribution in [1.82, 2.24) is 0 Å². The molecule has 0 aromatic heterocycles. The van der Waals surface area contributed by atoms with Gasteiger partial charge in [-0.1, -0.05) is 22.6 Å². The fourth-order valence-corrected chi connectivity index (χ4v) is 4.77. The minimum Gasteiger partial charge on any atom is -0.461 e. The summed E-state index contributed by atoms with van der Waals surface area (Å²) in [5.74, 6) is -1.10. The molecular formula is C13H19IO6. The molecule has 2 bridgehead atoms. The summed E-state index contributed by atoms with van der Waals surface area (Å²) in [6.07, 6.45) is 0.674. The average Bonchev–Trinajstić information content (AvgIpc) is 2.86. The molecule has 6 nitrogen and oxygen atoms in total. The molecule has 2 N–H and O–H groups in total. The molecule has 3 rings (SSSR count). The SMILES string of the molecule is O=C1C[C@@]2(C[C@H](O)CO)C[C@@H](O1)[C@H](I)CC21OCCO1. The molecule has 0 aromatic rings.